The van der Waals surface area contributed by atoms with Gasteiger partial charge < -0.3 is 4.74 Å². The van der Waals surface area contributed by atoms with Crippen LogP contribution in [0, 0.1) is 0 Å². The van der Waals surface area contributed by atoms with Crippen LogP contribution < -0.4 is 5.32 Å². The quantitative estimate of drug-likeness (QED) is 0.418. The van der Waals surface area contributed by atoms with E-state index >= 15 is 0 Å². The van der Waals surface area contributed by atoms with Gasteiger partial charge in [-0.15, -0.1) is 0 Å². The predicted molar refractivity (Wildman–Crippen MR) is 33.0 cm³/mol. The van der Waals surface area contributed by atoms with Crippen LogP contribution in [0.2, 0.25) is 0 Å². The van der Waals surface area contributed by atoms with Crippen LogP contribution in [0.4, 0.5) is 0 Å². The molecule has 1 rings (SSSR count). The maximum atomic E-state index is 10.7. The zero-order valence-corrected chi connectivity index (χ0v) is 5.68. The lowest BCUT2D eigenvalue weighted by Crippen LogP contribution is -2.14. The van der Waals surface area contributed by atoms with Crippen molar-refractivity contribution in [3.05, 3.63) is 0 Å². The third-order valence-electron chi connectivity index (χ3n) is 1.37. The average molecular weight is 129 g/mol. The fraction of sp³-hybridized carbons (Fsp3) is 0.833. The lowest BCUT2D eigenvalue weighted by molar-refractivity contribution is -0.142. The Morgan fingerprint density at radius 3 is 2.67 bits per heavy atom. The molecule has 0 amide bonds. The average Bonchev–Trinajstić information content (AvgIpc) is 2.47. The molecule has 1 fully saturated rings. The highest BCUT2D eigenvalue weighted by molar-refractivity contribution is 5.79. The Morgan fingerprint density at radius 1 is 1.78 bits per heavy atom. The van der Waals surface area contributed by atoms with Crippen molar-refractivity contribution in [3.8, 4) is 0 Å². The molecule has 0 aromatic heterocycles. The minimum Gasteiger partial charge on any atom is -0.465 e. The van der Waals surface area contributed by atoms with E-state index < -0.39 is 0 Å². The molecule has 0 spiro atoms. The highest BCUT2D eigenvalue weighted by Crippen LogP contribution is 2.10. The number of carbonyl (C=O) groups excluding carboxylic acids is 1. The molecule has 0 aromatic rings. The Morgan fingerprint density at radius 2 is 2.33 bits per heavy atom. The van der Waals surface area contributed by atoms with E-state index in [0.717, 1.165) is 0 Å². The zero-order chi connectivity index (χ0) is 6.85. The summed E-state index contributed by atoms with van der Waals surface area (Å²) in [7, 11) is 0. The molecule has 0 aromatic carbocycles. The van der Waals surface area contributed by atoms with E-state index in [1.165, 1.54) is 0 Å². The van der Waals surface area contributed by atoms with Crippen molar-refractivity contribution in [2.75, 3.05) is 6.61 Å². The normalized spacial score (nSPS) is 31.8. The highest BCUT2D eigenvalue weighted by atomic mass is 16.5. The number of ether oxygens (including phenoxy) is 1. The van der Waals surface area contributed by atoms with Gasteiger partial charge in [0.05, 0.1) is 6.61 Å². The van der Waals surface area contributed by atoms with Gasteiger partial charge >= 0.3 is 5.97 Å². The molecule has 3 heteroatoms. The fourth-order valence-electron chi connectivity index (χ4n) is 0.732. The molecule has 1 N–H and O–H groups in total. The molecule has 52 valence electrons. The van der Waals surface area contributed by atoms with Crippen LogP contribution in [0.3, 0.4) is 0 Å². The third-order valence-corrected chi connectivity index (χ3v) is 1.37. The van der Waals surface area contributed by atoms with Gasteiger partial charge in [-0.3, -0.25) is 10.1 Å². The van der Waals surface area contributed by atoms with Gasteiger partial charge in [0.1, 0.15) is 6.04 Å². The maximum Gasteiger partial charge on any atom is 0.324 e. The van der Waals surface area contributed by atoms with Crippen molar-refractivity contribution in [2.24, 2.45) is 0 Å². The molecule has 3 nitrogen and oxygen atoms in total. The van der Waals surface area contributed by atoms with Crippen LogP contribution >= 0.6 is 0 Å². The first kappa shape index (κ1) is 6.55. The Bertz CT molecular complexity index is 124. The molecular weight excluding hydrogens is 118 g/mol. The molecule has 0 unspecified atom stereocenters. The molecule has 1 saturated heterocycles. The van der Waals surface area contributed by atoms with Gasteiger partial charge in [-0.05, 0) is 13.8 Å². The summed E-state index contributed by atoms with van der Waals surface area (Å²) in [6, 6.07) is 0.300. The third kappa shape index (κ3) is 1.42. The van der Waals surface area contributed by atoms with Crippen LogP contribution in [-0.2, 0) is 9.53 Å². The van der Waals surface area contributed by atoms with E-state index in [1.54, 1.807) is 0 Å². The number of rotatable bonds is 2. The van der Waals surface area contributed by atoms with E-state index in [4.69, 9.17) is 4.74 Å². The topological polar surface area (TPSA) is 48.2 Å². The largest absolute Gasteiger partial charge is 0.465 e. The standard InChI is InChI=1S/C6H11NO2/c1-3-9-6(8)5-4(2)7-5/h4-5,7H,3H2,1-2H3/t4-,5+/m0/s1. The molecule has 0 radical (unpaired) electrons. The number of esters is 1. The molecule has 0 aliphatic carbocycles. The molecule has 0 bridgehead atoms. The van der Waals surface area contributed by atoms with E-state index in [9.17, 15) is 4.79 Å². The van der Waals surface area contributed by atoms with Gasteiger partial charge in [-0.2, -0.15) is 0 Å². The molecule has 9 heavy (non-hydrogen) atoms. The summed E-state index contributed by atoms with van der Waals surface area (Å²) in [5.74, 6) is -0.120. The van der Waals surface area contributed by atoms with Crippen LogP contribution in [0.25, 0.3) is 0 Å². The van der Waals surface area contributed by atoms with Gasteiger partial charge in [0, 0.05) is 6.04 Å². The van der Waals surface area contributed by atoms with Gasteiger partial charge in [-0.25, -0.2) is 0 Å². The minimum absolute atomic E-state index is 0.0232. The Hall–Kier alpha value is -0.570. The van der Waals surface area contributed by atoms with E-state index in [-0.39, 0.29) is 12.0 Å². The molecule has 1 heterocycles. The second-order valence-corrected chi connectivity index (χ2v) is 2.19. The minimum atomic E-state index is -0.120. The molecule has 2 atom stereocenters. The molecule has 0 saturated carbocycles. The van der Waals surface area contributed by atoms with E-state index in [0.29, 0.717) is 12.6 Å². The second-order valence-electron chi connectivity index (χ2n) is 2.19. The maximum absolute atomic E-state index is 10.7. The van der Waals surface area contributed by atoms with Crippen molar-refractivity contribution in [1.82, 2.24) is 5.32 Å². The van der Waals surface area contributed by atoms with Crippen LogP contribution in [0.1, 0.15) is 13.8 Å². The van der Waals surface area contributed by atoms with Gasteiger partial charge in [-0.1, -0.05) is 0 Å². The van der Waals surface area contributed by atoms with Gasteiger partial charge in [0.25, 0.3) is 0 Å². The number of hydrogen-bond acceptors (Lipinski definition) is 3. The smallest absolute Gasteiger partial charge is 0.324 e. The summed E-state index contributed by atoms with van der Waals surface area (Å²) < 4.78 is 4.73. The SMILES string of the molecule is CCOC(=O)[C@@H]1N[C@H]1C. The fourth-order valence-corrected chi connectivity index (χ4v) is 0.732. The Kier molecular flexibility index (Phi) is 1.71. The van der Waals surface area contributed by atoms with Crippen LogP contribution in [-0.4, -0.2) is 24.7 Å². The summed E-state index contributed by atoms with van der Waals surface area (Å²) in [5, 5.41) is 2.94. The lowest BCUT2D eigenvalue weighted by Gasteiger charge is -1.95. The zero-order valence-electron chi connectivity index (χ0n) is 5.68. The van der Waals surface area contributed by atoms with Crippen LogP contribution in [0.15, 0.2) is 0 Å². The first-order valence-corrected chi connectivity index (χ1v) is 3.18. The number of carbonyl (C=O) groups is 1. The van der Waals surface area contributed by atoms with Crippen molar-refractivity contribution in [1.29, 1.82) is 0 Å². The highest BCUT2D eigenvalue weighted by Gasteiger charge is 2.39. The summed E-state index contributed by atoms with van der Waals surface area (Å²) in [6.45, 7) is 4.25. The Labute approximate surface area is 54.4 Å². The number of nitrogens with one attached hydrogen (secondary N) is 1. The molecule has 1 aliphatic rings. The summed E-state index contributed by atoms with van der Waals surface area (Å²) in [6.07, 6.45) is 0. The summed E-state index contributed by atoms with van der Waals surface area (Å²) >= 11 is 0. The van der Waals surface area contributed by atoms with Crippen molar-refractivity contribution >= 4 is 5.97 Å². The van der Waals surface area contributed by atoms with Crippen molar-refractivity contribution in [3.63, 3.8) is 0 Å². The Balaban J connectivity index is 2.20. The van der Waals surface area contributed by atoms with Crippen molar-refractivity contribution in [2.45, 2.75) is 25.9 Å². The molecular formula is C6H11NO2. The predicted octanol–water partition coefficient (Wildman–Crippen LogP) is -0.0902. The lowest BCUT2D eigenvalue weighted by atomic mass is 10.3. The van der Waals surface area contributed by atoms with E-state index in [2.05, 4.69) is 5.32 Å². The molecule has 1 aliphatic heterocycles. The first-order valence-electron chi connectivity index (χ1n) is 3.18. The van der Waals surface area contributed by atoms with E-state index in [1.807, 2.05) is 13.8 Å². The summed E-state index contributed by atoms with van der Waals surface area (Å²) in [5.41, 5.74) is 0. The monoisotopic (exact) mass is 129 g/mol. The van der Waals surface area contributed by atoms with Crippen LogP contribution in [0.5, 0.6) is 0 Å². The second kappa shape index (κ2) is 2.35. The first-order chi connectivity index (χ1) is 4.25. The van der Waals surface area contributed by atoms with Crippen molar-refractivity contribution < 1.29 is 9.53 Å². The number of hydrogen-bond donors (Lipinski definition) is 1. The van der Waals surface area contributed by atoms with Gasteiger partial charge in [0.15, 0.2) is 0 Å². The van der Waals surface area contributed by atoms with Gasteiger partial charge in [0.2, 0.25) is 0 Å². The summed E-state index contributed by atoms with van der Waals surface area (Å²) in [4.78, 5) is 10.7.